The second-order valence-corrected chi connectivity index (χ2v) is 14.4. The number of piperidine rings is 2. The maximum atomic E-state index is 13.4. The van der Waals surface area contributed by atoms with Gasteiger partial charge in [0.1, 0.15) is 5.82 Å². The summed E-state index contributed by atoms with van der Waals surface area (Å²) < 4.78 is 0. The second-order valence-electron chi connectivity index (χ2n) is 14.4. The van der Waals surface area contributed by atoms with Crippen LogP contribution in [0.15, 0.2) is 54.7 Å². The van der Waals surface area contributed by atoms with E-state index in [0.717, 1.165) is 105 Å². The zero-order chi connectivity index (χ0) is 33.2. The first kappa shape index (κ1) is 32.5. The van der Waals surface area contributed by atoms with E-state index in [0.29, 0.717) is 25.4 Å². The summed E-state index contributed by atoms with van der Waals surface area (Å²) in [6.45, 7) is 5.87. The highest BCUT2D eigenvalue weighted by atomic mass is 16.2. The van der Waals surface area contributed by atoms with Crippen LogP contribution >= 0.6 is 0 Å². The fourth-order valence-electron chi connectivity index (χ4n) is 7.98. The second kappa shape index (κ2) is 14.2. The maximum absolute atomic E-state index is 13.4. The van der Waals surface area contributed by atoms with Gasteiger partial charge < -0.3 is 29.9 Å². The Morgan fingerprint density at radius 1 is 0.688 bits per heavy atom. The molecule has 254 valence electrons. The lowest BCUT2D eigenvalue weighted by Gasteiger charge is -2.32. The summed E-state index contributed by atoms with van der Waals surface area (Å²) in [6, 6.07) is 16.3. The summed E-state index contributed by atoms with van der Waals surface area (Å²) in [5, 5.41) is 3.07. The molecule has 4 aliphatic rings. The van der Waals surface area contributed by atoms with Crippen LogP contribution in [0.1, 0.15) is 56.8 Å². The molecule has 2 N–H and O–H groups in total. The summed E-state index contributed by atoms with van der Waals surface area (Å²) in [5.41, 5.74) is 4.91. The van der Waals surface area contributed by atoms with Crippen molar-refractivity contribution in [3.05, 3.63) is 60.6 Å². The van der Waals surface area contributed by atoms with Crippen LogP contribution in [0.25, 0.3) is 22.4 Å². The Morgan fingerprint density at radius 3 is 1.90 bits per heavy atom. The van der Waals surface area contributed by atoms with Crippen LogP contribution in [-0.2, 0) is 14.4 Å². The van der Waals surface area contributed by atoms with Gasteiger partial charge in [-0.3, -0.25) is 14.4 Å². The molecule has 2 aromatic carbocycles. The van der Waals surface area contributed by atoms with E-state index < -0.39 is 0 Å². The van der Waals surface area contributed by atoms with Gasteiger partial charge in [-0.25, -0.2) is 4.98 Å². The van der Waals surface area contributed by atoms with Gasteiger partial charge in [0, 0.05) is 37.2 Å². The summed E-state index contributed by atoms with van der Waals surface area (Å²) in [5.74, 6) is 1.41. The fourth-order valence-corrected chi connectivity index (χ4v) is 7.98. The highest BCUT2D eigenvalue weighted by Gasteiger charge is 2.37. The van der Waals surface area contributed by atoms with Gasteiger partial charge in [0.25, 0.3) is 0 Å². The van der Waals surface area contributed by atoms with E-state index in [-0.39, 0.29) is 35.6 Å². The zero-order valence-electron chi connectivity index (χ0n) is 28.4. The lowest BCUT2D eigenvalue weighted by atomic mass is 9.95. The van der Waals surface area contributed by atoms with E-state index in [9.17, 15) is 14.4 Å². The Morgan fingerprint density at radius 2 is 1.25 bits per heavy atom. The van der Waals surface area contributed by atoms with Gasteiger partial charge >= 0.3 is 0 Å². The highest BCUT2D eigenvalue weighted by Crippen LogP contribution is 2.35. The van der Waals surface area contributed by atoms with Gasteiger partial charge in [-0.15, -0.1) is 0 Å². The number of imidazole rings is 1. The van der Waals surface area contributed by atoms with Crippen molar-refractivity contribution in [2.45, 2.75) is 51.0 Å². The average molecular weight is 652 g/mol. The number of rotatable bonds is 7. The minimum atomic E-state index is -0.174. The number of aromatic amines is 1. The van der Waals surface area contributed by atoms with Crippen molar-refractivity contribution in [1.82, 2.24) is 29.6 Å². The van der Waals surface area contributed by atoms with Crippen molar-refractivity contribution < 1.29 is 14.4 Å². The number of hydrogen-bond acceptors (Lipinski definition) is 6. The minimum absolute atomic E-state index is 0.0170. The molecule has 0 unspecified atom stereocenters. The molecule has 0 radical (unpaired) electrons. The van der Waals surface area contributed by atoms with Crippen molar-refractivity contribution in [3.63, 3.8) is 0 Å². The number of benzene rings is 2. The first-order valence-electron chi connectivity index (χ1n) is 17.9. The lowest BCUT2D eigenvalue weighted by Crippen LogP contribution is -2.41. The molecule has 3 aromatic rings. The van der Waals surface area contributed by atoms with Gasteiger partial charge in [0.15, 0.2) is 0 Å². The number of amides is 3. The molecule has 4 fully saturated rings. The van der Waals surface area contributed by atoms with Crippen LogP contribution in [0, 0.1) is 17.8 Å². The Kier molecular flexibility index (Phi) is 9.64. The number of likely N-dealkylation sites (tertiary alicyclic amines) is 4. The van der Waals surface area contributed by atoms with Crippen molar-refractivity contribution in [2.75, 3.05) is 65.2 Å². The molecule has 0 saturated carbocycles. The van der Waals surface area contributed by atoms with E-state index in [1.807, 2.05) is 35.4 Å². The summed E-state index contributed by atoms with van der Waals surface area (Å²) >= 11 is 0. The van der Waals surface area contributed by atoms with E-state index >= 15 is 0 Å². The highest BCUT2D eigenvalue weighted by molar-refractivity contribution is 5.94. The van der Waals surface area contributed by atoms with Crippen LogP contribution in [0.3, 0.4) is 0 Å². The van der Waals surface area contributed by atoms with E-state index in [1.54, 1.807) is 0 Å². The summed E-state index contributed by atoms with van der Waals surface area (Å²) in [6.07, 6.45) is 8.23. The van der Waals surface area contributed by atoms with Crippen LogP contribution in [0.4, 0.5) is 5.69 Å². The number of nitrogens with one attached hydrogen (secondary N) is 2. The van der Waals surface area contributed by atoms with E-state index in [4.69, 9.17) is 4.98 Å². The number of nitrogens with zero attached hydrogens (tertiary/aromatic N) is 5. The smallest absolute Gasteiger partial charge is 0.229 e. The predicted octanol–water partition coefficient (Wildman–Crippen LogP) is 4.88. The largest absolute Gasteiger partial charge is 0.342 e. The third-order valence-corrected chi connectivity index (χ3v) is 11.1. The van der Waals surface area contributed by atoms with Gasteiger partial charge in [-0.2, -0.15) is 0 Å². The molecule has 10 nitrogen and oxygen atoms in total. The van der Waals surface area contributed by atoms with Gasteiger partial charge in [-0.05, 0) is 114 Å². The normalized spacial score (nSPS) is 23.1. The SMILES string of the molecule is CN1CCC(C(=O)N2CC[C@H](C(=O)Nc3ccc(-c4ccc(-c5cnc([C@@H]6CCCN6C(=O)C6CCN(C)CC6)[nH]5)cc4)cc3)C2)CC1. The standard InChI is InChI=1S/C38H49N7O3/c1-42-19-13-29(14-20-42)37(47)44-23-17-31(25-44)36(46)40-32-11-9-27(10-12-32)26-5-7-28(8-6-26)33-24-39-35(41-33)34-4-3-18-45(34)38(48)30-15-21-43(2)22-16-30/h5-12,24,29-31,34H,3-4,13-23,25H2,1-2H3,(H,39,41)(H,40,46)/t31-,34-/m0/s1. The van der Waals surface area contributed by atoms with Gasteiger partial charge in [0.05, 0.1) is 23.9 Å². The number of aromatic nitrogens is 2. The van der Waals surface area contributed by atoms with Crippen LogP contribution in [0.5, 0.6) is 0 Å². The Balaban J connectivity index is 0.926. The molecule has 48 heavy (non-hydrogen) atoms. The molecule has 10 heteroatoms. The molecular weight excluding hydrogens is 602 g/mol. The fraction of sp³-hybridized carbons (Fsp3) is 0.526. The van der Waals surface area contributed by atoms with Gasteiger partial charge in [-0.1, -0.05) is 36.4 Å². The quantitative estimate of drug-likeness (QED) is 0.378. The van der Waals surface area contributed by atoms with Crippen molar-refractivity contribution >= 4 is 23.4 Å². The lowest BCUT2D eigenvalue weighted by molar-refractivity contribution is -0.138. The predicted molar refractivity (Wildman–Crippen MR) is 187 cm³/mol. The zero-order valence-corrected chi connectivity index (χ0v) is 28.4. The van der Waals surface area contributed by atoms with Crippen molar-refractivity contribution in [2.24, 2.45) is 17.8 Å². The molecule has 2 atom stereocenters. The molecule has 4 saturated heterocycles. The van der Waals surface area contributed by atoms with Crippen molar-refractivity contribution in [3.8, 4) is 22.4 Å². The van der Waals surface area contributed by atoms with Crippen LogP contribution in [-0.4, -0.2) is 107 Å². The van der Waals surface area contributed by atoms with Crippen LogP contribution in [0.2, 0.25) is 0 Å². The first-order chi connectivity index (χ1) is 23.3. The van der Waals surface area contributed by atoms with E-state index in [2.05, 4.69) is 63.4 Å². The third-order valence-electron chi connectivity index (χ3n) is 11.1. The molecule has 4 aliphatic heterocycles. The molecular formula is C38H49N7O3. The maximum Gasteiger partial charge on any atom is 0.229 e. The number of H-pyrrole nitrogens is 1. The number of carbonyl (C=O) groups is 3. The Labute approximate surface area is 283 Å². The molecule has 3 amide bonds. The Hall–Kier alpha value is -4.02. The number of carbonyl (C=O) groups excluding carboxylic acids is 3. The first-order valence-corrected chi connectivity index (χ1v) is 17.9. The van der Waals surface area contributed by atoms with Gasteiger partial charge in [0.2, 0.25) is 17.7 Å². The van der Waals surface area contributed by atoms with E-state index in [1.165, 1.54) is 0 Å². The van der Waals surface area contributed by atoms with Crippen LogP contribution < -0.4 is 5.32 Å². The molecule has 0 spiro atoms. The monoisotopic (exact) mass is 651 g/mol. The molecule has 7 rings (SSSR count). The minimum Gasteiger partial charge on any atom is -0.342 e. The molecule has 5 heterocycles. The molecule has 0 bridgehead atoms. The molecule has 1 aromatic heterocycles. The Bertz CT molecular complexity index is 1590. The summed E-state index contributed by atoms with van der Waals surface area (Å²) in [7, 11) is 4.23. The average Bonchev–Trinajstić information content (AvgIpc) is 3.90. The van der Waals surface area contributed by atoms with Crippen molar-refractivity contribution in [1.29, 1.82) is 0 Å². The molecule has 0 aliphatic carbocycles. The number of anilines is 1. The summed E-state index contributed by atoms with van der Waals surface area (Å²) in [4.78, 5) is 56.3. The topological polar surface area (TPSA) is 105 Å². The third kappa shape index (κ3) is 7.05. The number of hydrogen-bond donors (Lipinski definition) is 2.